The fraction of sp³-hybridized carbons (Fsp3) is 0.350. The van der Waals surface area contributed by atoms with E-state index in [2.05, 4.69) is 10.6 Å². The van der Waals surface area contributed by atoms with Gasteiger partial charge in [-0.25, -0.2) is 9.59 Å². The Bertz CT molecular complexity index is 2190. The van der Waals surface area contributed by atoms with Crippen LogP contribution in [0.2, 0.25) is 5.02 Å². The second-order valence-electron chi connectivity index (χ2n) is 13.6. The zero-order valence-electron chi connectivity index (χ0n) is 31.2. The largest absolute Gasteiger partial charge is 0.519 e. The van der Waals surface area contributed by atoms with Crippen LogP contribution in [-0.2, 0) is 25.7 Å². The van der Waals surface area contributed by atoms with Crippen LogP contribution in [0.1, 0.15) is 67.9 Å². The Kier molecular flexibility index (Phi) is 12.6. The van der Waals surface area contributed by atoms with Gasteiger partial charge in [-0.05, 0) is 87.2 Å². The molecule has 1 fully saturated rings. The quantitative estimate of drug-likeness (QED) is 0.203. The van der Waals surface area contributed by atoms with Crippen molar-refractivity contribution < 1.29 is 42.3 Å². The highest BCUT2D eigenvalue weighted by molar-refractivity contribution is 6.30. The summed E-state index contributed by atoms with van der Waals surface area (Å²) in [6.45, 7) is 6.44. The lowest BCUT2D eigenvalue weighted by Gasteiger charge is -2.34. The van der Waals surface area contributed by atoms with Crippen molar-refractivity contribution in [3.05, 3.63) is 116 Å². The number of piperazine rings is 1. The van der Waals surface area contributed by atoms with E-state index in [4.69, 9.17) is 29.9 Å². The maximum absolute atomic E-state index is 14.1. The van der Waals surface area contributed by atoms with E-state index in [1.165, 1.54) is 6.92 Å². The minimum absolute atomic E-state index is 0.00285. The van der Waals surface area contributed by atoms with Crippen molar-refractivity contribution in [1.82, 2.24) is 15.1 Å². The van der Waals surface area contributed by atoms with Gasteiger partial charge >= 0.3 is 17.9 Å². The lowest BCUT2D eigenvalue weighted by molar-refractivity contribution is -0.151. The zero-order chi connectivity index (χ0) is 39.9. The molecule has 1 saturated heterocycles. The van der Waals surface area contributed by atoms with Gasteiger partial charge < -0.3 is 38.7 Å². The lowest BCUT2D eigenvalue weighted by Crippen LogP contribution is -2.52. The predicted molar refractivity (Wildman–Crippen MR) is 205 cm³/mol. The molecule has 3 heterocycles. The van der Waals surface area contributed by atoms with Gasteiger partial charge in [-0.2, -0.15) is 0 Å². The molecule has 3 aromatic carbocycles. The lowest BCUT2D eigenvalue weighted by atomic mass is 10.0. The van der Waals surface area contributed by atoms with Crippen LogP contribution in [0.3, 0.4) is 0 Å². The topological polar surface area (TPSA) is 181 Å². The van der Waals surface area contributed by atoms with Crippen LogP contribution in [0, 0.1) is 20.8 Å². The first kappa shape index (κ1) is 39.8. The fourth-order valence-corrected chi connectivity index (χ4v) is 6.89. The molecule has 16 heteroatoms. The first-order valence-corrected chi connectivity index (χ1v) is 18.5. The Balaban J connectivity index is 1.01. The molecule has 0 aliphatic carbocycles. The smallest absolute Gasteiger partial charge is 0.456 e. The molecule has 4 amide bonds. The number of ether oxygens (including phenoxy) is 2. The molecule has 56 heavy (non-hydrogen) atoms. The minimum Gasteiger partial charge on any atom is -0.456 e. The van der Waals surface area contributed by atoms with Gasteiger partial charge in [-0.3, -0.25) is 24.1 Å². The summed E-state index contributed by atoms with van der Waals surface area (Å²) in [5, 5.41) is 5.74. The van der Waals surface area contributed by atoms with E-state index in [1.807, 2.05) is 36.9 Å². The number of halogens is 1. The number of hydrogen-bond donors (Lipinski definition) is 2. The van der Waals surface area contributed by atoms with Crippen molar-refractivity contribution in [3.8, 4) is 0 Å². The van der Waals surface area contributed by atoms with Gasteiger partial charge in [0.1, 0.15) is 12.6 Å². The number of benzene rings is 3. The van der Waals surface area contributed by atoms with Gasteiger partial charge in [0.15, 0.2) is 18.1 Å². The molecule has 2 N–H and O–H groups in total. The molecule has 1 atom stereocenters. The Hall–Kier alpha value is -5.93. The van der Waals surface area contributed by atoms with Crippen molar-refractivity contribution in [2.24, 2.45) is 0 Å². The minimum atomic E-state index is -0.901. The maximum atomic E-state index is 14.1. The number of anilines is 2. The van der Waals surface area contributed by atoms with Crippen molar-refractivity contribution in [2.45, 2.75) is 46.3 Å². The Labute approximate surface area is 327 Å². The molecule has 4 aromatic rings. The van der Waals surface area contributed by atoms with E-state index in [-0.39, 0.29) is 48.9 Å². The Morgan fingerprint density at radius 2 is 1.64 bits per heavy atom. The normalized spacial score (nSPS) is 15.7. The molecule has 15 nitrogen and oxygen atoms in total. The van der Waals surface area contributed by atoms with Crippen LogP contribution in [-0.4, -0.2) is 85.4 Å². The number of aryl methyl sites for hydroxylation is 3. The van der Waals surface area contributed by atoms with Gasteiger partial charge in [0.2, 0.25) is 5.91 Å². The molecule has 1 unspecified atom stereocenters. The number of hydrogen-bond acceptors (Lipinski definition) is 11. The second kappa shape index (κ2) is 17.7. The fourth-order valence-electron chi connectivity index (χ4n) is 6.71. The van der Waals surface area contributed by atoms with Crippen molar-refractivity contribution in [3.63, 3.8) is 0 Å². The molecule has 0 radical (unpaired) electrons. The third kappa shape index (κ3) is 9.65. The summed E-state index contributed by atoms with van der Waals surface area (Å²) in [7, 11) is 0. The molecule has 294 valence electrons. The number of fused-ring (bicyclic) bond motifs is 1. The predicted octanol–water partition coefficient (Wildman–Crippen LogP) is 5.16. The molecule has 1 aromatic heterocycles. The van der Waals surface area contributed by atoms with Crippen LogP contribution in [0.5, 0.6) is 0 Å². The summed E-state index contributed by atoms with van der Waals surface area (Å²) in [5.74, 6) is -1.87. The van der Waals surface area contributed by atoms with Crippen molar-refractivity contribution >= 4 is 52.8 Å². The van der Waals surface area contributed by atoms with E-state index in [0.29, 0.717) is 84.2 Å². The summed E-state index contributed by atoms with van der Waals surface area (Å²) < 4.78 is 20.5. The van der Waals surface area contributed by atoms with Crippen molar-refractivity contribution in [1.29, 1.82) is 0 Å². The van der Waals surface area contributed by atoms with Crippen LogP contribution in [0.4, 0.5) is 16.2 Å². The van der Waals surface area contributed by atoms with Crippen LogP contribution in [0.15, 0.2) is 74.3 Å². The summed E-state index contributed by atoms with van der Waals surface area (Å²) >= 11 is 6.43. The highest BCUT2D eigenvalue weighted by atomic mass is 35.5. The third-order valence-corrected chi connectivity index (χ3v) is 9.97. The van der Waals surface area contributed by atoms with Crippen LogP contribution in [0.25, 0.3) is 0 Å². The second-order valence-corrected chi connectivity index (χ2v) is 14.0. The number of nitrogens with zero attached hydrogens (tertiary/aromatic N) is 3. The number of alkyl carbamates (subject to hydrolysis) is 1. The third-order valence-electron chi connectivity index (χ3n) is 9.73. The van der Waals surface area contributed by atoms with E-state index >= 15 is 0 Å². The zero-order valence-corrected chi connectivity index (χ0v) is 32.0. The van der Waals surface area contributed by atoms with E-state index < -0.39 is 24.0 Å². The first-order chi connectivity index (χ1) is 26.9. The number of carbonyl (C=O) groups is 5. The van der Waals surface area contributed by atoms with Crippen LogP contribution >= 0.6 is 11.6 Å². The van der Waals surface area contributed by atoms with E-state index in [1.54, 1.807) is 52.3 Å². The monoisotopic (exact) mass is 787 g/mol. The molecule has 0 bridgehead atoms. The number of rotatable bonds is 10. The average molecular weight is 788 g/mol. The molecule has 6 rings (SSSR count). The standard InChI is InChI=1S/C40H42ClN5O10/c1-24-7-4-5-8-29(24)37(49)43-28-11-12-30(25(2)19-28)38(50)46-14-6-9-33(31-20-27(41)10-13-32(31)46)55-36(48)22-44-15-17-45(18-16-44)35(47)21-42-39(51)53-23-34-26(3)54-40(52)56-34/h4-5,7-8,10-13,19-20,33H,6,9,14-18,21-23H2,1-3H3,(H,42,51)(H,43,49). The Morgan fingerprint density at radius 3 is 2.36 bits per heavy atom. The van der Waals surface area contributed by atoms with E-state index in [0.717, 1.165) is 5.56 Å². The SMILES string of the molecule is Cc1ccccc1C(=O)Nc1ccc(C(=O)N2CCCC(OC(=O)CN3CCN(C(=O)CNC(=O)OCc4oc(=O)oc4C)CC3)c3cc(Cl)ccc32)c(C)c1. The molecular formula is C40H42ClN5O10. The van der Waals surface area contributed by atoms with Gasteiger partial charge in [0.25, 0.3) is 11.8 Å². The molecular weight excluding hydrogens is 746 g/mol. The van der Waals surface area contributed by atoms with Crippen molar-refractivity contribution in [2.75, 3.05) is 56.0 Å². The van der Waals surface area contributed by atoms with E-state index in [9.17, 15) is 28.8 Å². The van der Waals surface area contributed by atoms with Gasteiger partial charge in [0.05, 0.1) is 12.2 Å². The highest BCUT2D eigenvalue weighted by Crippen LogP contribution is 2.38. The highest BCUT2D eigenvalue weighted by Gasteiger charge is 2.31. The summed E-state index contributed by atoms with van der Waals surface area (Å²) in [6.07, 6.45) is -0.473. The molecule has 2 aliphatic heterocycles. The first-order valence-electron chi connectivity index (χ1n) is 18.1. The summed E-state index contributed by atoms with van der Waals surface area (Å²) in [4.78, 5) is 81.3. The number of nitrogens with one attached hydrogen (secondary N) is 2. The number of esters is 1. The van der Waals surface area contributed by atoms with Gasteiger partial charge in [-0.1, -0.05) is 29.8 Å². The van der Waals surface area contributed by atoms with Gasteiger partial charge in [-0.15, -0.1) is 0 Å². The van der Waals surface area contributed by atoms with Crippen LogP contribution < -0.4 is 21.4 Å². The number of amides is 4. The van der Waals surface area contributed by atoms with Gasteiger partial charge in [0, 0.05) is 60.1 Å². The maximum Gasteiger partial charge on any atom is 0.519 e. The summed E-state index contributed by atoms with van der Waals surface area (Å²) in [5.41, 5.74) is 4.38. The summed E-state index contributed by atoms with van der Waals surface area (Å²) in [6, 6.07) is 17.7. The molecule has 0 saturated carbocycles. The average Bonchev–Trinajstić information content (AvgIpc) is 3.39. The Morgan fingerprint density at radius 1 is 0.875 bits per heavy atom. The molecule has 0 spiro atoms. The number of carbonyl (C=O) groups excluding carboxylic acids is 5. The molecule has 2 aliphatic rings.